The molecule has 2 aromatic rings. The van der Waals surface area contributed by atoms with Crippen LogP contribution < -0.4 is 10.2 Å². The number of fused-ring (bicyclic) bond motifs is 1. The van der Waals surface area contributed by atoms with Gasteiger partial charge in [-0.15, -0.1) is 11.8 Å². The van der Waals surface area contributed by atoms with Crippen molar-refractivity contribution in [1.29, 1.82) is 5.26 Å². The zero-order valence-corrected chi connectivity index (χ0v) is 18.7. The molecule has 1 atom stereocenters. The molecule has 2 aliphatic heterocycles. The molecule has 0 radical (unpaired) electrons. The number of benzene rings is 1. The number of alkyl halides is 2. The summed E-state index contributed by atoms with van der Waals surface area (Å²) in [6.45, 7) is 0.399. The molecular weight excluding hydrogens is 448 g/mol. The molecule has 1 N–H and O–H groups in total. The van der Waals surface area contributed by atoms with Gasteiger partial charge in [0.05, 0.1) is 35.0 Å². The minimum absolute atomic E-state index is 0.0449. The number of halogens is 2. The Balaban J connectivity index is 1.31. The maximum absolute atomic E-state index is 14.3. The molecule has 1 aliphatic carbocycles. The van der Waals surface area contributed by atoms with Gasteiger partial charge in [-0.3, -0.25) is 14.6 Å². The molecule has 10 heteroatoms. The molecule has 1 saturated carbocycles. The molecule has 3 fully saturated rings. The number of nitriles is 1. The number of rotatable bonds is 4. The van der Waals surface area contributed by atoms with Crippen molar-refractivity contribution in [3.63, 3.8) is 0 Å². The van der Waals surface area contributed by atoms with Gasteiger partial charge >= 0.3 is 0 Å². The Morgan fingerprint density at radius 3 is 2.82 bits per heavy atom. The SMILES string of the molecule is N#CC1CSCN1C(=O)CNC(=O)c1ccnc2ccc(N3CC4(CCCC4(F)F)C3)cc12. The quantitative estimate of drug-likeness (QED) is 0.738. The molecule has 33 heavy (non-hydrogen) atoms. The van der Waals surface area contributed by atoms with Gasteiger partial charge in [-0.25, -0.2) is 8.78 Å². The number of carbonyl (C=O) groups excluding carboxylic acids is 2. The van der Waals surface area contributed by atoms with Crippen molar-refractivity contribution >= 4 is 40.2 Å². The van der Waals surface area contributed by atoms with Crippen LogP contribution in [0, 0.1) is 16.7 Å². The number of nitrogens with zero attached hydrogens (tertiary/aromatic N) is 4. The molecule has 3 aliphatic rings. The zero-order valence-electron chi connectivity index (χ0n) is 17.9. The Bertz CT molecular complexity index is 1160. The number of nitrogens with one attached hydrogen (secondary N) is 1. The van der Waals surface area contributed by atoms with E-state index in [1.807, 2.05) is 17.0 Å². The fourth-order valence-corrected chi connectivity index (χ4v) is 6.13. The van der Waals surface area contributed by atoms with Gasteiger partial charge in [-0.2, -0.15) is 5.26 Å². The Morgan fingerprint density at radius 2 is 2.09 bits per heavy atom. The summed E-state index contributed by atoms with van der Waals surface area (Å²) in [5.41, 5.74) is 0.815. The van der Waals surface area contributed by atoms with Crippen molar-refractivity contribution in [3.8, 4) is 6.07 Å². The van der Waals surface area contributed by atoms with E-state index in [1.54, 1.807) is 12.1 Å². The second kappa shape index (κ2) is 8.13. The summed E-state index contributed by atoms with van der Waals surface area (Å²) in [7, 11) is 0. The lowest BCUT2D eigenvalue weighted by Crippen LogP contribution is -2.62. The second-order valence-corrected chi connectivity index (χ2v) is 9.95. The van der Waals surface area contributed by atoms with Crippen LogP contribution in [-0.4, -0.2) is 64.9 Å². The molecule has 3 heterocycles. The van der Waals surface area contributed by atoms with Crippen LogP contribution in [0.4, 0.5) is 14.5 Å². The van der Waals surface area contributed by atoms with Gasteiger partial charge in [0, 0.05) is 42.5 Å². The van der Waals surface area contributed by atoms with Crippen LogP contribution in [0.15, 0.2) is 30.5 Å². The first kappa shape index (κ1) is 21.9. The van der Waals surface area contributed by atoms with E-state index in [9.17, 15) is 18.4 Å². The second-order valence-electron chi connectivity index (χ2n) is 8.95. The maximum Gasteiger partial charge on any atom is 0.257 e. The minimum Gasteiger partial charge on any atom is -0.370 e. The number of thioether (sulfide) groups is 1. The summed E-state index contributed by atoms with van der Waals surface area (Å²) in [4.78, 5) is 33.0. The normalized spacial score (nSPS) is 22.9. The molecular formula is C23H23F2N5O2S. The number of anilines is 1. The highest BCUT2D eigenvalue weighted by molar-refractivity contribution is 7.99. The molecule has 172 valence electrons. The van der Waals surface area contributed by atoms with E-state index in [4.69, 9.17) is 5.26 Å². The highest BCUT2D eigenvalue weighted by Gasteiger charge is 2.62. The Kier molecular flexibility index (Phi) is 5.40. The van der Waals surface area contributed by atoms with Crippen LogP contribution in [0.5, 0.6) is 0 Å². The molecule has 1 aromatic heterocycles. The van der Waals surface area contributed by atoms with Gasteiger partial charge in [0.15, 0.2) is 0 Å². The van der Waals surface area contributed by atoms with Crippen LogP contribution in [0.3, 0.4) is 0 Å². The summed E-state index contributed by atoms with van der Waals surface area (Å²) < 4.78 is 28.7. The van der Waals surface area contributed by atoms with Crippen LogP contribution in [0.1, 0.15) is 29.6 Å². The first-order valence-electron chi connectivity index (χ1n) is 10.9. The number of hydrogen-bond acceptors (Lipinski definition) is 6. The number of amides is 2. The maximum atomic E-state index is 14.3. The number of aromatic nitrogens is 1. The molecule has 1 spiro atoms. The molecule has 2 amide bonds. The van der Waals surface area contributed by atoms with Crippen molar-refractivity contribution < 1.29 is 18.4 Å². The van der Waals surface area contributed by atoms with E-state index in [-0.39, 0.29) is 18.9 Å². The van der Waals surface area contributed by atoms with Crippen molar-refractivity contribution in [2.24, 2.45) is 5.41 Å². The van der Waals surface area contributed by atoms with Crippen LogP contribution >= 0.6 is 11.8 Å². The van der Waals surface area contributed by atoms with Crippen molar-refractivity contribution in [2.45, 2.75) is 31.2 Å². The van der Waals surface area contributed by atoms with Crippen molar-refractivity contribution in [2.75, 3.05) is 36.2 Å². The topological polar surface area (TPSA) is 89.3 Å². The van der Waals surface area contributed by atoms with Gasteiger partial charge in [0.2, 0.25) is 5.91 Å². The first-order valence-corrected chi connectivity index (χ1v) is 12.1. The van der Waals surface area contributed by atoms with Crippen molar-refractivity contribution in [3.05, 3.63) is 36.0 Å². The molecule has 2 saturated heterocycles. The highest BCUT2D eigenvalue weighted by Crippen LogP contribution is 2.56. The largest absolute Gasteiger partial charge is 0.370 e. The van der Waals surface area contributed by atoms with Gasteiger partial charge in [0.25, 0.3) is 11.8 Å². The predicted octanol–water partition coefficient (Wildman–Crippen LogP) is 3.02. The summed E-state index contributed by atoms with van der Waals surface area (Å²) >= 11 is 1.50. The van der Waals surface area contributed by atoms with E-state index in [2.05, 4.69) is 16.4 Å². The minimum atomic E-state index is -2.63. The third-order valence-electron chi connectivity index (χ3n) is 7.00. The lowest BCUT2D eigenvalue weighted by molar-refractivity contribution is -0.129. The van der Waals surface area contributed by atoms with Gasteiger partial charge < -0.3 is 15.1 Å². The molecule has 0 bridgehead atoms. The molecule has 5 rings (SSSR count). The average Bonchev–Trinajstić information content (AvgIpc) is 3.38. The summed E-state index contributed by atoms with van der Waals surface area (Å²) in [5.74, 6) is -2.35. The Morgan fingerprint density at radius 1 is 1.27 bits per heavy atom. The molecule has 7 nitrogen and oxygen atoms in total. The molecule has 1 aromatic carbocycles. The summed E-state index contributed by atoms with van der Waals surface area (Å²) in [5, 5.41) is 12.4. The number of hydrogen-bond donors (Lipinski definition) is 1. The van der Waals surface area contributed by atoms with E-state index < -0.39 is 23.3 Å². The Labute approximate surface area is 194 Å². The summed E-state index contributed by atoms with van der Waals surface area (Å²) in [6, 6.07) is 8.64. The van der Waals surface area contributed by atoms with Crippen molar-refractivity contribution in [1.82, 2.24) is 15.2 Å². The van der Waals surface area contributed by atoms with Gasteiger partial charge in [0.1, 0.15) is 6.04 Å². The van der Waals surface area contributed by atoms with Crippen LogP contribution in [-0.2, 0) is 4.79 Å². The van der Waals surface area contributed by atoms with Gasteiger partial charge in [-0.1, -0.05) is 0 Å². The average molecular weight is 472 g/mol. The third kappa shape index (κ3) is 3.68. The van der Waals surface area contributed by atoms with E-state index in [0.717, 1.165) is 5.69 Å². The molecule has 1 unspecified atom stereocenters. The van der Waals surface area contributed by atoms with E-state index >= 15 is 0 Å². The fourth-order valence-electron chi connectivity index (χ4n) is 5.03. The van der Waals surface area contributed by atoms with Crippen LogP contribution in [0.25, 0.3) is 10.9 Å². The number of carbonyl (C=O) groups is 2. The zero-order chi connectivity index (χ0) is 23.2. The van der Waals surface area contributed by atoms with E-state index in [1.165, 1.54) is 22.9 Å². The summed E-state index contributed by atoms with van der Waals surface area (Å²) in [6.07, 6.45) is 2.57. The van der Waals surface area contributed by atoms with E-state index in [0.29, 0.717) is 54.0 Å². The highest BCUT2D eigenvalue weighted by atomic mass is 32.2. The lowest BCUT2D eigenvalue weighted by Gasteiger charge is -2.52. The van der Waals surface area contributed by atoms with Crippen LogP contribution in [0.2, 0.25) is 0 Å². The fraction of sp³-hybridized carbons (Fsp3) is 0.478. The third-order valence-corrected chi connectivity index (χ3v) is 8.01. The predicted molar refractivity (Wildman–Crippen MR) is 121 cm³/mol. The smallest absolute Gasteiger partial charge is 0.257 e. The Hall–Kier alpha value is -2.93. The number of pyridine rings is 1. The monoisotopic (exact) mass is 471 g/mol. The lowest BCUT2D eigenvalue weighted by atomic mass is 9.75. The first-order chi connectivity index (χ1) is 15.8. The van der Waals surface area contributed by atoms with Gasteiger partial charge in [-0.05, 0) is 37.1 Å². The standard InChI is InChI=1S/C23H23F2N5O2S/c24-23(25)6-1-5-22(23)12-29(13-22)15-2-3-19-18(8-15)17(4-7-27-19)21(32)28-10-20(31)30-14-33-11-16(30)9-26/h2-4,7-8,16H,1,5-6,10-14H2,(H,28,32).